The number of nitrogens with zero attached hydrogens (tertiary/aromatic N) is 4. The Morgan fingerprint density at radius 1 is 0.848 bits per heavy atom. The molecule has 4 aromatic rings. The second-order valence-electron chi connectivity index (χ2n) is 8.05. The largest absolute Gasteiger partial charge is 0.361 e. The standard InChI is InChI=1S/C18H17N3OS.C18H2.HN3.OS.7H2/c1-9-7-23-8-15(9)14-5-13(17-10(2)21-22-11(17)3)6-16-18(14)20-12(4)19-16;1-3-5-7-9-11-13-15-17-18-16-14-12-10-8-6-4-2;1-3-2;1-2;;;;;;;/h5-8H,1-4H3,(H,19,20);1-2H;1H;;7*1H. The molecule has 0 fully saturated rings. The fourth-order valence-electron chi connectivity index (χ4n) is 3.57. The van der Waals surface area contributed by atoms with Gasteiger partial charge in [0.15, 0.2) is 12.5 Å². The van der Waals surface area contributed by atoms with E-state index in [0.29, 0.717) is 0 Å². The van der Waals surface area contributed by atoms with Crippen LogP contribution in [0.3, 0.4) is 0 Å². The molecule has 0 saturated heterocycles. The van der Waals surface area contributed by atoms with Crippen molar-refractivity contribution in [2.45, 2.75) is 27.7 Å². The summed E-state index contributed by atoms with van der Waals surface area (Å²) in [4.78, 5) is 9.80. The highest BCUT2D eigenvalue weighted by Crippen LogP contribution is 2.37. The minimum absolute atomic E-state index is 0. The van der Waals surface area contributed by atoms with Gasteiger partial charge < -0.3 is 9.51 Å². The van der Waals surface area contributed by atoms with Gasteiger partial charge in [-0.25, -0.2) is 4.98 Å². The average Bonchev–Trinajstić information content (AvgIpc) is 3.75. The van der Waals surface area contributed by atoms with E-state index in [0.717, 1.165) is 45.0 Å². The molecule has 1 aromatic carbocycles. The highest BCUT2D eigenvalue weighted by Gasteiger charge is 2.17. The molecule has 0 amide bonds. The lowest BCUT2D eigenvalue weighted by Crippen LogP contribution is -1.87. The molecule has 0 spiro atoms. The first-order chi connectivity index (χ1) is 22.4. The normalized spacial score (nSPS) is 7.43. The Hall–Kier alpha value is -7.03. The quantitative estimate of drug-likeness (QED) is 0.0996. The number of thiophene rings is 1. The van der Waals surface area contributed by atoms with Gasteiger partial charge in [0.05, 0.1) is 16.7 Å². The summed E-state index contributed by atoms with van der Waals surface area (Å²) in [5.41, 5.74) is 21.0. The molecule has 46 heavy (non-hydrogen) atoms. The maximum absolute atomic E-state index is 7.83. The lowest BCUT2D eigenvalue weighted by molar-refractivity contribution is 0.393. The molecule has 0 aliphatic carbocycles. The number of aryl methyl sites for hydroxylation is 4. The Bertz CT molecular complexity index is 2230. The molecule has 3 heterocycles. The smallest absolute Gasteiger partial charge is 0.197 e. The molecule has 0 unspecified atom stereocenters. The summed E-state index contributed by atoms with van der Waals surface area (Å²) in [6.07, 6.45) is 9.76. The van der Waals surface area contributed by atoms with Crippen molar-refractivity contribution in [2.75, 3.05) is 0 Å². The molecule has 0 aliphatic rings. The second-order valence-corrected chi connectivity index (χ2v) is 8.79. The number of terminal acetylenes is 2. The zero-order valence-electron chi connectivity index (χ0n) is 24.9. The van der Waals surface area contributed by atoms with Crippen LogP contribution in [0, 0.1) is 141 Å². The molecule has 0 atom stereocenters. The highest BCUT2D eigenvalue weighted by molar-refractivity contribution is 7.44. The molecule has 0 aliphatic heterocycles. The molecular weight excluding hydrogens is 613 g/mol. The monoisotopic (exact) mass is 646 g/mol. The van der Waals surface area contributed by atoms with Crippen molar-refractivity contribution in [3.8, 4) is 130 Å². The van der Waals surface area contributed by atoms with E-state index >= 15 is 0 Å². The van der Waals surface area contributed by atoms with Gasteiger partial charge in [0.2, 0.25) is 0 Å². The predicted octanol–water partition coefficient (Wildman–Crippen LogP) is 7.72. The predicted molar refractivity (Wildman–Crippen MR) is 198 cm³/mol. The van der Waals surface area contributed by atoms with Crippen molar-refractivity contribution in [3.63, 3.8) is 0 Å². The van der Waals surface area contributed by atoms with Gasteiger partial charge >= 0.3 is 0 Å². The van der Waals surface area contributed by atoms with E-state index in [2.05, 4.69) is 152 Å². The van der Waals surface area contributed by atoms with Crippen molar-refractivity contribution < 1.29 is 18.7 Å². The third-order valence-corrected chi connectivity index (χ3v) is 5.99. The van der Waals surface area contributed by atoms with Crippen molar-refractivity contribution in [1.82, 2.24) is 15.1 Å². The Kier molecular flexibility index (Phi) is 17.4. The molecule has 3 aromatic heterocycles. The van der Waals surface area contributed by atoms with Crippen LogP contribution in [0.15, 0.2) is 27.4 Å². The molecule has 0 radical (unpaired) electrons. The Labute approximate surface area is 287 Å². The van der Waals surface area contributed by atoms with Crippen molar-refractivity contribution >= 4 is 34.9 Å². The zero-order valence-corrected chi connectivity index (χ0v) is 26.5. The Morgan fingerprint density at radius 2 is 1.33 bits per heavy atom. The number of imidazole rings is 1. The Balaban J connectivity index is -0.000000130. The molecular formula is C36H34N6O2S2. The summed E-state index contributed by atoms with van der Waals surface area (Å²) in [6.45, 7) is 8.05. The molecule has 2 N–H and O–H groups in total. The maximum atomic E-state index is 7.83. The van der Waals surface area contributed by atoms with Gasteiger partial charge in [0, 0.05) is 21.1 Å². The van der Waals surface area contributed by atoms with Crippen LogP contribution in [0.2, 0.25) is 0 Å². The van der Waals surface area contributed by atoms with Crippen molar-refractivity contribution in [1.29, 1.82) is 5.53 Å². The molecule has 0 bridgehead atoms. The summed E-state index contributed by atoms with van der Waals surface area (Å²) in [6, 6.07) is 4.33. The molecule has 232 valence electrons. The van der Waals surface area contributed by atoms with E-state index in [1.54, 1.807) is 16.2 Å². The van der Waals surface area contributed by atoms with E-state index in [4.69, 9.17) is 32.6 Å². The highest BCUT2D eigenvalue weighted by atomic mass is 32.1. The van der Waals surface area contributed by atoms with Crippen LogP contribution in [-0.2, 0) is 12.5 Å². The molecule has 4 rings (SSSR count). The number of aromatic nitrogens is 3. The van der Waals surface area contributed by atoms with Gasteiger partial charge in [-0.3, -0.25) is 0 Å². The lowest BCUT2D eigenvalue weighted by atomic mass is 9.96. The van der Waals surface area contributed by atoms with Crippen LogP contribution in [-0.4, -0.2) is 19.3 Å². The SMILES string of the molecule is C#CC#CC#CC#CC#CC#CC#CC#CC#C.Cc1nc2c(-c3cscc3C)cc(-c3c(C)noc3C)cc2[nH]1.O=S.[HH].[HH].[HH].[HH].[HH].[HH].[HH].[N-]=[N+]=N. The fraction of sp³-hybridized carbons (Fsp3) is 0.111. The van der Waals surface area contributed by atoms with Crippen LogP contribution in [0.4, 0.5) is 0 Å². The van der Waals surface area contributed by atoms with Crippen LogP contribution >= 0.6 is 11.3 Å². The number of rotatable bonds is 2. The third kappa shape index (κ3) is 12.1. The number of aromatic amines is 1. The number of benzene rings is 1. The number of H-pyrrole nitrogens is 1. The van der Waals surface area contributed by atoms with E-state index in [1.807, 2.05) is 20.8 Å². The summed E-state index contributed by atoms with van der Waals surface area (Å²) in [5.74, 6) is 40.0. The third-order valence-electron chi connectivity index (χ3n) is 5.13. The van der Waals surface area contributed by atoms with Gasteiger partial charge in [-0.05, 0) is 172 Å². The number of hydrogen-bond donors (Lipinski definition) is 2. The van der Waals surface area contributed by atoms with Gasteiger partial charge in [-0.15, -0.1) is 18.4 Å². The molecule has 10 heteroatoms. The summed E-state index contributed by atoms with van der Waals surface area (Å²) in [5, 5.41) is 8.44. The minimum Gasteiger partial charge on any atom is -0.361 e. The summed E-state index contributed by atoms with van der Waals surface area (Å²) >= 11 is 4.55. The van der Waals surface area contributed by atoms with Gasteiger partial charge in [0.25, 0.3) is 0 Å². The number of nitrogens with one attached hydrogen (secondary N) is 2. The Morgan fingerprint density at radius 3 is 1.72 bits per heavy atom. The van der Waals surface area contributed by atoms with Crippen LogP contribution in [0.1, 0.15) is 32.8 Å². The van der Waals surface area contributed by atoms with Gasteiger partial charge in [-0.1, -0.05) is 5.16 Å². The summed E-state index contributed by atoms with van der Waals surface area (Å²) < 4.78 is 13.2. The molecule has 0 saturated carbocycles. The summed E-state index contributed by atoms with van der Waals surface area (Å²) in [7, 11) is 0. The van der Waals surface area contributed by atoms with E-state index < -0.39 is 0 Å². The first-order valence-electron chi connectivity index (χ1n) is 12.4. The minimum atomic E-state index is 0. The fourth-order valence-corrected chi connectivity index (χ4v) is 4.42. The van der Waals surface area contributed by atoms with Gasteiger partial charge in [0.1, 0.15) is 11.6 Å². The van der Waals surface area contributed by atoms with Gasteiger partial charge in [-0.2, -0.15) is 15.5 Å². The number of hydrogen-bond acceptors (Lipinski definition) is 7. The zero-order chi connectivity index (χ0) is 34.2. The lowest BCUT2D eigenvalue weighted by Gasteiger charge is -2.07. The first kappa shape index (κ1) is 37.0. The van der Waals surface area contributed by atoms with Crippen LogP contribution in [0.25, 0.3) is 43.7 Å². The van der Waals surface area contributed by atoms with Crippen LogP contribution in [0.5, 0.6) is 0 Å². The van der Waals surface area contributed by atoms with Crippen molar-refractivity contribution in [3.05, 3.63) is 56.2 Å². The van der Waals surface area contributed by atoms with Crippen LogP contribution < -0.4 is 0 Å². The second kappa shape index (κ2) is 21.6. The van der Waals surface area contributed by atoms with Crippen molar-refractivity contribution in [2.24, 2.45) is 0 Å². The average molecular weight is 647 g/mol. The topological polar surface area (TPSA) is 132 Å². The number of fused-ring (bicyclic) bond motifs is 1. The first-order valence-corrected chi connectivity index (χ1v) is 13.7. The molecule has 8 nitrogen and oxygen atoms in total. The maximum Gasteiger partial charge on any atom is 0.197 e. The van der Waals surface area contributed by atoms with E-state index in [-0.39, 0.29) is 9.99 Å². The van der Waals surface area contributed by atoms with E-state index in [1.165, 1.54) is 11.1 Å². The van der Waals surface area contributed by atoms with E-state index in [9.17, 15) is 0 Å².